The maximum Gasteiger partial charge on any atom is 0.417 e. The zero-order chi connectivity index (χ0) is 13.7. The Morgan fingerprint density at radius 2 is 2.11 bits per heavy atom. The van der Waals surface area contributed by atoms with Crippen molar-refractivity contribution in [1.29, 1.82) is 0 Å². The predicted octanol–water partition coefficient (Wildman–Crippen LogP) is 1.32. The van der Waals surface area contributed by atoms with Crippen LogP contribution in [0.15, 0.2) is 18.3 Å². The van der Waals surface area contributed by atoms with Gasteiger partial charge in [0.1, 0.15) is 5.54 Å². The third kappa shape index (κ3) is 1.96. The Kier molecular flexibility index (Phi) is 2.55. The Hall–Kier alpha value is -1.67. The summed E-state index contributed by atoms with van der Waals surface area (Å²) in [6.07, 6.45) is -2.94. The number of hydrogen-bond acceptors (Lipinski definition) is 4. The molecular formula is C11H11F3N4O. The van der Waals surface area contributed by atoms with Crippen LogP contribution in [0.25, 0.3) is 5.65 Å². The second-order valence-electron chi connectivity index (χ2n) is 4.63. The topological polar surface area (TPSA) is 65.4 Å². The van der Waals surface area contributed by atoms with Crippen LogP contribution in [-0.2, 0) is 16.5 Å². The van der Waals surface area contributed by atoms with Crippen molar-refractivity contribution < 1.29 is 17.9 Å². The number of pyridine rings is 1. The maximum atomic E-state index is 12.7. The SMILES string of the molecule is NC1(c2nnc3ccc(C(F)(F)F)cn23)CCOC1. The Bertz CT molecular complexity index is 616. The molecule has 102 valence electrons. The molecule has 19 heavy (non-hydrogen) atoms. The molecule has 3 rings (SSSR count). The highest BCUT2D eigenvalue weighted by atomic mass is 19.4. The van der Waals surface area contributed by atoms with E-state index in [4.69, 9.17) is 10.5 Å². The van der Waals surface area contributed by atoms with Gasteiger partial charge in [0, 0.05) is 12.8 Å². The molecule has 2 N–H and O–H groups in total. The average Bonchev–Trinajstić information content (AvgIpc) is 2.93. The third-order valence-electron chi connectivity index (χ3n) is 3.23. The van der Waals surface area contributed by atoms with Crippen LogP contribution in [0.3, 0.4) is 0 Å². The summed E-state index contributed by atoms with van der Waals surface area (Å²) in [5.41, 5.74) is 4.81. The van der Waals surface area contributed by atoms with Gasteiger partial charge in [0.05, 0.1) is 12.2 Å². The predicted molar refractivity (Wildman–Crippen MR) is 59.3 cm³/mol. The van der Waals surface area contributed by atoms with Crippen molar-refractivity contribution in [2.75, 3.05) is 13.2 Å². The molecule has 1 saturated heterocycles. The molecule has 1 aliphatic heterocycles. The summed E-state index contributed by atoms with van der Waals surface area (Å²) < 4.78 is 44.6. The number of ether oxygens (including phenoxy) is 1. The van der Waals surface area contributed by atoms with E-state index in [1.54, 1.807) is 0 Å². The van der Waals surface area contributed by atoms with Gasteiger partial charge in [-0.25, -0.2) is 0 Å². The summed E-state index contributed by atoms with van der Waals surface area (Å²) in [5.74, 6) is 0.297. The molecule has 1 fully saturated rings. The summed E-state index contributed by atoms with van der Waals surface area (Å²) >= 11 is 0. The molecule has 1 aliphatic rings. The average molecular weight is 272 g/mol. The van der Waals surface area contributed by atoms with Crippen molar-refractivity contribution >= 4 is 5.65 Å². The van der Waals surface area contributed by atoms with E-state index in [1.807, 2.05) is 0 Å². The van der Waals surface area contributed by atoms with Crippen LogP contribution >= 0.6 is 0 Å². The fraction of sp³-hybridized carbons (Fsp3) is 0.455. The highest BCUT2D eigenvalue weighted by molar-refractivity contribution is 5.41. The lowest BCUT2D eigenvalue weighted by molar-refractivity contribution is -0.137. The van der Waals surface area contributed by atoms with Crippen molar-refractivity contribution in [3.63, 3.8) is 0 Å². The van der Waals surface area contributed by atoms with Gasteiger partial charge in [0.15, 0.2) is 11.5 Å². The number of nitrogens with zero attached hydrogens (tertiary/aromatic N) is 3. The maximum absolute atomic E-state index is 12.7. The number of alkyl halides is 3. The van der Waals surface area contributed by atoms with E-state index >= 15 is 0 Å². The first-order valence-corrected chi connectivity index (χ1v) is 5.69. The van der Waals surface area contributed by atoms with Crippen LogP contribution in [0.1, 0.15) is 17.8 Å². The number of fused-ring (bicyclic) bond motifs is 1. The Balaban J connectivity index is 2.16. The van der Waals surface area contributed by atoms with E-state index in [-0.39, 0.29) is 6.61 Å². The second kappa shape index (κ2) is 3.91. The highest BCUT2D eigenvalue weighted by Crippen LogP contribution is 2.31. The lowest BCUT2D eigenvalue weighted by atomic mass is 9.99. The highest BCUT2D eigenvalue weighted by Gasteiger charge is 2.38. The first-order chi connectivity index (χ1) is 8.90. The number of hydrogen-bond donors (Lipinski definition) is 1. The molecule has 2 aromatic rings. The largest absolute Gasteiger partial charge is 0.417 e. The Labute approximate surface area is 106 Å². The van der Waals surface area contributed by atoms with E-state index in [2.05, 4.69) is 10.2 Å². The molecule has 0 saturated carbocycles. The Morgan fingerprint density at radius 1 is 1.32 bits per heavy atom. The fourth-order valence-electron chi connectivity index (χ4n) is 2.16. The van der Waals surface area contributed by atoms with Crippen molar-refractivity contribution in [3.8, 4) is 0 Å². The summed E-state index contributed by atoms with van der Waals surface area (Å²) in [6, 6.07) is 2.25. The smallest absolute Gasteiger partial charge is 0.379 e. The molecule has 0 spiro atoms. The molecule has 2 aromatic heterocycles. The molecule has 0 aromatic carbocycles. The summed E-state index contributed by atoms with van der Waals surface area (Å²) in [7, 11) is 0. The fourth-order valence-corrected chi connectivity index (χ4v) is 2.16. The first kappa shape index (κ1) is 12.4. The van der Waals surface area contributed by atoms with Crippen molar-refractivity contribution in [3.05, 3.63) is 29.7 Å². The molecule has 5 nitrogen and oxygen atoms in total. The number of rotatable bonds is 1. The van der Waals surface area contributed by atoms with Crippen LogP contribution in [0.5, 0.6) is 0 Å². The minimum atomic E-state index is -4.41. The zero-order valence-electron chi connectivity index (χ0n) is 9.81. The van der Waals surface area contributed by atoms with Crippen molar-refractivity contribution in [1.82, 2.24) is 14.6 Å². The molecule has 0 amide bonds. The van der Waals surface area contributed by atoms with E-state index < -0.39 is 17.3 Å². The number of nitrogens with two attached hydrogens (primary N) is 1. The van der Waals surface area contributed by atoms with Gasteiger partial charge in [-0.05, 0) is 18.6 Å². The van der Waals surface area contributed by atoms with Crippen molar-refractivity contribution in [2.24, 2.45) is 5.73 Å². The van der Waals surface area contributed by atoms with E-state index in [1.165, 1.54) is 10.5 Å². The van der Waals surface area contributed by atoms with Crippen LogP contribution in [0.2, 0.25) is 0 Å². The van der Waals surface area contributed by atoms with Crippen molar-refractivity contribution in [2.45, 2.75) is 18.1 Å². The number of aromatic nitrogens is 3. The summed E-state index contributed by atoms with van der Waals surface area (Å²) in [5, 5.41) is 7.75. The molecule has 0 aliphatic carbocycles. The van der Waals surface area contributed by atoms with Gasteiger partial charge in [-0.3, -0.25) is 4.40 Å². The van der Waals surface area contributed by atoms with E-state index in [9.17, 15) is 13.2 Å². The molecule has 0 radical (unpaired) electrons. The van der Waals surface area contributed by atoms with E-state index in [0.717, 1.165) is 12.3 Å². The van der Waals surface area contributed by atoms with Gasteiger partial charge in [-0.1, -0.05) is 0 Å². The molecule has 1 unspecified atom stereocenters. The van der Waals surface area contributed by atoms with E-state index in [0.29, 0.717) is 24.5 Å². The zero-order valence-corrected chi connectivity index (χ0v) is 9.81. The molecule has 1 atom stereocenters. The van der Waals surface area contributed by atoms with Crippen LogP contribution < -0.4 is 5.73 Å². The minimum absolute atomic E-state index is 0.226. The van der Waals surface area contributed by atoms with Crippen LogP contribution in [0, 0.1) is 0 Å². The summed E-state index contributed by atoms with van der Waals surface area (Å²) in [6.45, 7) is 0.689. The lowest BCUT2D eigenvalue weighted by Gasteiger charge is -2.19. The van der Waals surface area contributed by atoms with Gasteiger partial charge < -0.3 is 10.5 Å². The molecular weight excluding hydrogens is 261 g/mol. The van der Waals surface area contributed by atoms with Crippen LogP contribution in [-0.4, -0.2) is 27.8 Å². The number of halogens is 3. The van der Waals surface area contributed by atoms with Gasteiger partial charge in [-0.15, -0.1) is 10.2 Å². The van der Waals surface area contributed by atoms with Gasteiger partial charge >= 0.3 is 6.18 Å². The van der Waals surface area contributed by atoms with Gasteiger partial charge in [-0.2, -0.15) is 13.2 Å². The lowest BCUT2D eigenvalue weighted by Crippen LogP contribution is -2.39. The molecule has 0 bridgehead atoms. The first-order valence-electron chi connectivity index (χ1n) is 5.69. The standard InChI is InChI=1S/C11H11F3N4O/c12-11(13,14)7-1-2-8-16-17-9(18(8)5-7)10(15)3-4-19-6-10/h1-2,5H,3-4,6,15H2. The Morgan fingerprint density at radius 3 is 2.74 bits per heavy atom. The second-order valence-corrected chi connectivity index (χ2v) is 4.63. The van der Waals surface area contributed by atoms with Crippen LogP contribution in [0.4, 0.5) is 13.2 Å². The van der Waals surface area contributed by atoms with Gasteiger partial charge in [0.25, 0.3) is 0 Å². The minimum Gasteiger partial charge on any atom is -0.379 e. The molecule has 3 heterocycles. The monoisotopic (exact) mass is 272 g/mol. The normalized spacial score (nSPS) is 24.2. The molecule has 8 heteroatoms. The van der Waals surface area contributed by atoms with Gasteiger partial charge in [0.2, 0.25) is 0 Å². The third-order valence-corrected chi connectivity index (χ3v) is 3.23. The summed E-state index contributed by atoms with van der Waals surface area (Å²) in [4.78, 5) is 0. The quantitative estimate of drug-likeness (QED) is 0.850.